The number of nitrogens with one attached hydrogen (secondary N) is 1. The summed E-state index contributed by atoms with van der Waals surface area (Å²) >= 11 is 0. The minimum atomic E-state index is -1.09. The molecule has 2 heterocycles. The topological polar surface area (TPSA) is 108 Å². The van der Waals surface area contributed by atoms with Crippen molar-refractivity contribution in [2.24, 2.45) is 10.9 Å². The van der Waals surface area contributed by atoms with E-state index in [4.69, 9.17) is 4.74 Å². The van der Waals surface area contributed by atoms with Crippen molar-refractivity contribution in [2.45, 2.75) is 56.7 Å². The first-order valence-electron chi connectivity index (χ1n) is 9.15. The summed E-state index contributed by atoms with van der Waals surface area (Å²) in [5.74, 6) is -1.03. The van der Waals surface area contributed by atoms with E-state index in [-0.39, 0.29) is 25.5 Å². The van der Waals surface area contributed by atoms with Crippen molar-refractivity contribution in [1.82, 2.24) is 10.2 Å². The first kappa shape index (κ1) is 18.6. The zero-order valence-electron chi connectivity index (χ0n) is 14.9. The Morgan fingerprint density at radius 3 is 3.04 bits per heavy atom. The van der Waals surface area contributed by atoms with Crippen LogP contribution in [-0.4, -0.2) is 65.0 Å². The molecule has 26 heavy (non-hydrogen) atoms. The molecule has 142 valence electrons. The second kappa shape index (κ2) is 7.57. The largest absolute Gasteiger partial charge is 0.464 e. The van der Waals surface area contributed by atoms with Crippen molar-refractivity contribution < 1.29 is 24.2 Å². The molecular weight excluding hydrogens is 338 g/mol. The summed E-state index contributed by atoms with van der Waals surface area (Å²) < 4.78 is 5.15. The molecule has 3 aliphatic rings. The first-order valence-corrected chi connectivity index (χ1v) is 9.15. The highest BCUT2D eigenvalue weighted by atomic mass is 16.5. The predicted molar refractivity (Wildman–Crippen MR) is 93.6 cm³/mol. The Bertz CT molecular complexity index is 647. The number of esters is 1. The van der Waals surface area contributed by atoms with Crippen LogP contribution in [0.4, 0.5) is 4.79 Å². The number of nitrogens with zero attached hydrogens (tertiary/aromatic N) is 2. The average Bonchev–Trinajstić information content (AvgIpc) is 3.15. The molecule has 2 aliphatic heterocycles. The van der Waals surface area contributed by atoms with Gasteiger partial charge in [-0.1, -0.05) is 12.2 Å². The number of aliphatic hydroxyl groups is 1. The molecule has 3 rings (SSSR count). The zero-order valence-corrected chi connectivity index (χ0v) is 14.9. The van der Waals surface area contributed by atoms with Crippen LogP contribution in [0.15, 0.2) is 17.1 Å². The van der Waals surface area contributed by atoms with Crippen LogP contribution in [0.1, 0.15) is 39.0 Å². The Morgan fingerprint density at radius 2 is 2.27 bits per heavy atom. The number of rotatable bonds is 2. The number of aliphatic imine (C=N–C) groups is 1. The predicted octanol–water partition coefficient (Wildman–Crippen LogP) is 0.790. The first-order chi connectivity index (χ1) is 12.5. The molecule has 2 fully saturated rings. The van der Waals surface area contributed by atoms with Gasteiger partial charge in [0.05, 0.1) is 12.7 Å². The van der Waals surface area contributed by atoms with Crippen LogP contribution in [0.2, 0.25) is 0 Å². The Hall–Kier alpha value is -2.22. The fourth-order valence-electron chi connectivity index (χ4n) is 3.57. The fraction of sp³-hybridized carbons (Fsp3) is 0.667. The summed E-state index contributed by atoms with van der Waals surface area (Å²) in [7, 11) is 0. The average molecular weight is 363 g/mol. The van der Waals surface area contributed by atoms with Gasteiger partial charge in [-0.25, -0.2) is 14.6 Å². The Kier molecular flexibility index (Phi) is 5.41. The maximum absolute atomic E-state index is 12.8. The number of aliphatic hydroxyl groups excluding tert-OH is 1. The highest BCUT2D eigenvalue weighted by Crippen LogP contribution is 2.46. The molecular formula is C18H25N3O5. The lowest BCUT2D eigenvalue weighted by molar-refractivity contribution is -0.147. The van der Waals surface area contributed by atoms with Crippen LogP contribution in [0.25, 0.3) is 0 Å². The van der Waals surface area contributed by atoms with Crippen LogP contribution < -0.4 is 5.32 Å². The standard InChI is InChI=1S/C18H25N3O5/c1-2-26-16(24)18-10-12(18)7-5-3-4-6-8-19-15(23)14-9-13(22)11-21(14)17(25)20-18/h5,7-8,12-14,22H,2-4,6,9-11H2,1H3,(H,20,25)/b7-5-,19-8?/t12-,13+,14+,18-/m1/s1. The Morgan fingerprint density at radius 1 is 1.46 bits per heavy atom. The molecule has 8 heteroatoms. The van der Waals surface area contributed by atoms with Gasteiger partial charge in [-0.2, -0.15) is 0 Å². The molecule has 0 aromatic carbocycles. The molecule has 1 saturated heterocycles. The lowest BCUT2D eigenvalue weighted by atomic mass is 10.1. The lowest BCUT2D eigenvalue weighted by Crippen LogP contribution is -2.53. The van der Waals surface area contributed by atoms with Gasteiger partial charge in [0, 0.05) is 25.1 Å². The van der Waals surface area contributed by atoms with E-state index < -0.39 is 35.6 Å². The van der Waals surface area contributed by atoms with Gasteiger partial charge < -0.3 is 20.1 Å². The van der Waals surface area contributed by atoms with E-state index in [1.807, 2.05) is 12.2 Å². The van der Waals surface area contributed by atoms with Gasteiger partial charge in [0.15, 0.2) is 0 Å². The maximum Gasteiger partial charge on any atom is 0.332 e. The van der Waals surface area contributed by atoms with E-state index in [2.05, 4.69) is 10.3 Å². The van der Waals surface area contributed by atoms with E-state index in [1.54, 1.807) is 13.1 Å². The lowest BCUT2D eigenvalue weighted by Gasteiger charge is -2.26. The fourth-order valence-corrected chi connectivity index (χ4v) is 3.57. The third-order valence-corrected chi connectivity index (χ3v) is 5.10. The zero-order chi connectivity index (χ0) is 18.7. The van der Waals surface area contributed by atoms with Gasteiger partial charge in [-0.3, -0.25) is 4.79 Å². The van der Waals surface area contributed by atoms with Crippen molar-refractivity contribution in [1.29, 1.82) is 0 Å². The van der Waals surface area contributed by atoms with Crippen LogP contribution in [-0.2, 0) is 14.3 Å². The van der Waals surface area contributed by atoms with Crippen LogP contribution in [0.3, 0.4) is 0 Å². The molecule has 8 nitrogen and oxygen atoms in total. The molecule has 0 unspecified atom stereocenters. The highest BCUT2D eigenvalue weighted by molar-refractivity contribution is 5.95. The number of carbonyl (C=O) groups excluding carboxylic acids is 3. The number of hydrogen-bond acceptors (Lipinski definition) is 5. The van der Waals surface area contributed by atoms with Gasteiger partial charge in [-0.15, -0.1) is 0 Å². The summed E-state index contributed by atoms with van der Waals surface area (Å²) in [5.41, 5.74) is -1.09. The molecule has 0 spiro atoms. The van der Waals surface area contributed by atoms with Crippen molar-refractivity contribution in [2.75, 3.05) is 13.2 Å². The van der Waals surface area contributed by atoms with E-state index in [0.717, 1.165) is 12.8 Å². The molecule has 0 aromatic heterocycles. The van der Waals surface area contributed by atoms with Crippen molar-refractivity contribution in [3.8, 4) is 0 Å². The van der Waals surface area contributed by atoms with Gasteiger partial charge >= 0.3 is 12.0 Å². The number of allylic oxidation sites excluding steroid dienone is 1. The summed E-state index contributed by atoms with van der Waals surface area (Å²) in [6, 6.07) is -1.35. The van der Waals surface area contributed by atoms with E-state index in [1.165, 1.54) is 4.90 Å². The SMILES string of the molecule is CCOC(=O)[C@@]12C[C@H]1/C=C\CCCC=NC(=O)[C@@H]1C[C@H](O)CN1C(=O)N2. The molecule has 3 amide bonds. The quantitative estimate of drug-likeness (QED) is 0.557. The highest BCUT2D eigenvalue weighted by Gasteiger charge is 2.62. The molecule has 1 saturated carbocycles. The Labute approximate surface area is 152 Å². The Balaban J connectivity index is 1.85. The van der Waals surface area contributed by atoms with E-state index in [0.29, 0.717) is 12.8 Å². The third kappa shape index (κ3) is 3.65. The molecule has 0 bridgehead atoms. The summed E-state index contributed by atoms with van der Waals surface area (Å²) in [6.45, 7) is 1.98. The number of ether oxygens (including phenoxy) is 1. The van der Waals surface area contributed by atoms with Crippen LogP contribution in [0, 0.1) is 5.92 Å². The van der Waals surface area contributed by atoms with Gasteiger partial charge in [0.2, 0.25) is 0 Å². The number of hydrogen-bond donors (Lipinski definition) is 2. The molecule has 0 radical (unpaired) electrons. The van der Waals surface area contributed by atoms with Crippen molar-refractivity contribution in [3.05, 3.63) is 12.2 Å². The van der Waals surface area contributed by atoms with Crippen LogP contribution >= 0.6 is 0 Å². The normalized spacial score (nSPS) is 35.8. The molecule has 4 atom stereocenters. The summed E-state index contributed by atoms with van der Waals surface area (Å²) in [6.07, 6.45) is 7.65. The molecule has 2 N–H and O–H groups in total. The van der Waals surface area contributed by atoms with E-state index >= 15 is 0 Å². The van der Waals surface area contributed by atoms with Gasteiger partial charge in [0.25, 0.3) is 5.91 Å². The van der Waals surface area contributed by atoms with Crippen LogP contribution in [0.5, 0.6) is 0 Å². The maximum atomic E-state index is 12.8. The minimum Gasteiger partial charge on any atom is -0.464 e. The second-order valence-corrected chi connectivity index (χ2v) is 7.00. The monoisotopic (exact) mass is 363 g/mol. The third-order valence-electron chi connectivity index (χ3n) is 5.10. The number of urea groups is 1. The number of carbonyl (C=O) groups is 3. The summed E-state index contributed by atoms with van der Waals surface area (Å²) in [4.78, 5) is 42.7. The smallest absolute Gasteiger partial charge is 0.332 e. The van der Waals surface area contributed by atoms with Crippen molar-refractivity contribution >= 4 is 24.1 Å². The minimum absolute atomic E-state index is 0.0389. The van der Waals surface area contributed by atoms with Gasteiger partial charge in [0.1, 0.15) is 11.6 Å². The molecule has 1 aliphatic carbocycles. The molecule has 0 aromatic rings. The van der Waals surface area contributed by atoms with Gasteiger partial charge in [-0.05, 0) is 32.6 Å². The number of amides is 3. The second-order valence-electron chi connectivity index (χ2n) is 7.00. The van der Waals surface area contributed by atoms with E-state index in [9.17, 15) is 19.5 Å². The summed E-state index contributed by atoms with van der Waals surface area (Å²) in [5, 5.41) is 12.7. The van der Waals surface area contributed by atoms with Crippen molar-refractivity contribution in [3.63, 3.8) is 0 Å². The number of fused-ring (bicyclic) bond motifs is 2.